The molecule has 0 radical (unpaired) electrons. The first-order valence-electron chi connectivity index (χ1n) is 5.94. The summed E-state index contributed by atoms with van der Waals surface area (Å²) in [5.74, 6) is -0.423. The number of hydrogen-bond acceptors (Lipinski definition) is 1. The van der Waals surface area contributed by atoms with E-state index in [9.17, 15) is 13.6 Å². The summed E-state index contributed by atoms with van der Waals surface area (Å²) < 4.78 is 25.3. The first-order chi connectivity index (χ1) is 7.66. The van der Waals surface area contributed by atoms with Crippen LogP contribution in [-0.2, 0) is 4.79 Å². The van der Waals surface area contributed by atoms with E-state index in [1.807, 2.05) is 13.0 Å². The average molecular weight is 228 g/mol. The molecule has 0 aromatic carbocycles. The molecule has 0 atom stereocenters. The molecule has 0 amide bonds. The number of unbranched alkanes of at least 4 members (excludes halogenated alkanes) is 1. The molecule has 0 saturated carbocycles. The molecule has 1 aliphatic carbocycles. The van der Waals surface area contributed by atoms with Crippen LogP contribution in [0.5, 0.6) is 0 Å². The maximum atomic E-state index is 12.7. The molecule has 3 heteroatoms. The Kier molecular flexibility index (Phi) is 5.36. The molecule has 0 bridgehead atoms. The van der Waals surface area contributed by atoms with Gasteiger partial charge < -0.3 is 0 Å². The first-order valence-corrected chi connectivity index (χ1v) is 5.94. The van der Waals surface area contributed by atoms with Gasteiger partial charge in [0.15, 0.2) is 5.78 Å². The minimum atomic E-state index is -1.80. The third-order valence-corrected chi connectivity index (χ3v) is 2.87. The number of Topliss-reactive ketones (excluding diaryl/α,β-unsaturated/α-hetero) is 1. The number of carbonyl (C=O) groups is 1. The van der Waals surface area contributed by atoms with Crippen LogP contribution in [0.25, 0.3) is 0 Å². The molecule has 16 heavy (non-hydrogen) atoms. The van der Waals surface area contributed by atoms with Gasteiger partial charge in [-0.15, -0.1) is 0 Å². The molecular formula is C13H18F2O. The quantitative estimate of drug-likeness (QED) is 0.637. The molecule has 0 aliphatic heterocycles. The second-order valence-corrected chi connectivity index (χ2v) is 4.15. The van der Waals surface area contributed by atoms with Crippen molar-refractivity contribution in [1.82, 2.24) is 0 Å². The summed E-state index contributed by atoms with van der Waals surface area (Å²) >= 11 is 0. The summed E-state index contributed by atoms with van der Waals surface area (Å²) in [6, 6.07) is 0. The SMILES string of the molecule is CCCCC(C(=O)C1=CCCCC1)=C(F)F. The summed E-state index contributed by atoms with van der Waals surface area (Å²) in [4.78, 5) is 11.8. The molecule has 0 aromatic heterocycles. The second kappa shape index (κ2) is 6.56. The van der Waals surface area contributed by atoms with E-state index in [2.05, 4.69) is 0 Å². The standard InChI is InChI=1S/C13H18F2O/c1-2-3-9-11(13(14)15)12(16)10-7-5-4-6-8-10/h7H,2-6,8-9H2,1H3. The zero-order valence-electron chi connectivity index (χ0n) is 9.69. The van der Waals surface area contributed by atoms with Crippen LogP contribution in [0.2, 0.25) is 0 Å². The predicted octanol–water partition coefficient (Wildman–Crippen LogP) is 4.40. The van der Waals surface area contributed by atoms with Crippen molar-refractivity contribution in [3.63, 3.8) is 0 Å². The highest BCUT2D eigenvalue weighted by Gasteiger charge is 2.20. The molecule has 1 nitrogen and oxygen atoms in total. The Morgan fingerprint density at radius 2 is 2.12 bits per heavy atom. The van der Waals surface area contributed by atoms with Crippen molar-refractivity contribution in [2.45, 2.75) is 51.9 Å². The van der Waals surface area contributed by atoms with Crippen molar-refractivity contribution < 1.29 is 13.6 Å². The lowest BCUT2D eigenvalue weighted by Gasteiger charge is -2.12. The lowest BCUT2D eigenvalue weighted by molar-refractivity contribution is -0.112. The minimum Gasteiger partial charge on any atom is -0.289 e. The van der Waals surface area contributed by atoms with Gasteiger partial charge in [0, 0.05) is 0 Å². The number of allylic oxidation sites excluding steroid dienone is 3. The van der Waals surface area contributed by atoms with Crippen molar-refractivity contribution in [1.29, 1.82) is 0 Å². The first kappa shape index (κ1) is 13.1. The third kappa shape index (κ3) is 3.54. The van der Waals surface area contributed by atoms with Crippen LogP contribution in [0.15, 0.2) is 23.3 Å². The van der Waals surface area contributed by atoms with Crippen molar-refractivity contribution in [2.75, 3.05) is 0 Å². The molecular weight excluding hydrogens is 210 g/mol. The van der Waals surface area contributed by atoms with E-state index in [0.717, 1.165) is 25.7 Å². The van der Waals surface area contributed by atoms with Gasteiger partial charge in [0.05, 0.1) is 5.57 Å². The van der Waals surface area contributed by atoms with E-state index in [1.54, 1.807) is 0 Å². The number of hydrogen-bond donors (Lipinski definition) is 0. The van der Waals surface area contributed by atoms with Gasteiger partial charge in [-0.2, -0.15) is 8.78 Å². The zero-order chi connectivity index (χ0) is 12.0. The fourth-order valence-electron chi connectivity index (χ4n) is 1.89. The molecule has 0 spiro atoms. The monoisotopic (exact) mass is 228 g/mol. The smallest absolute Gasteiger partial charge is 0.277 e. The van der Waals surface area contributed by atoms with Crippen LogP contribution in [0, 0.1) is 0 Å². The summed E-state index contributed by atoms with van der Waals surface area (Å²) in [7, 11) is 0. The Hall–Kier alpha value is -0.990. The third-order valence-electron chi connectivity index (χ3n) is 2.87. The van der Waals surface area contributed by atoms with Crippen LogP contribution >= 0.6 is 0 Å². The number of ketones is 1. The van der Waals surface area contributed by atoms with Crippen molar-refractivity contribution in [3.8, 4) is 0 Å². The molecule has 1 aliphatic rings. The van der Waals surface area contributed by atoms with Crippen LogP contribution < -0.4 is 0 Å². The molecule has 1 rings (SSSR count). The Bertz CT molecular complexity index is 312. The van der Waals surface area contributed by atoms with Gasteiger partial charge in [-0.1, -0.05) is 19.4 Å². The summed E-state index contributed by atoms with van der Waals surface area (Å²) in [6.45, 7) is 1.93. The summed E-state index contributed by atoms with van der Waals surface area (Å²) in [5.41, 5.74) is 0.320. The molecule has 0 unspecified atom stereocenters. The van der Waals surface area contributed by atoms with Gasteiger partial charge in [0.2, 0.25) is 0 Å². The molecule has 0 saturated heterocycles. The van der Waals surface area contributed by atoms with Crippen molar-refractivity contribution in [3.05, 3.63) is 23.3 Å². The van der Waals surface area contributed by atoms with E-state index in [1.165, 1.54) is 0 Å². The molecule has 90 valence electrons. The van der Waals surface area contributed by atoms with E-state index >= 15 is 0 Å². The predicted molar refractivity (Wildman–Crippen MR) is 60.3 cm³/mol. The normalized spacial score (nSPS) is 15.6. The van der Waals surface area contributed by atoms with Gasteiger partial charge in [0.25, 0.3) is 6.08 Å². The maximum Gasteiger partial charge on any atom is 0.277 e. The molecule has 0 heterocycles. The lowest BCUT2D eigenvalue weighted by Crippen LogP contribution is -2.10. The highest BCUT2D eigenvalue weighted by molar-refractivity contribution is 6.08. The van der Waals surface area contributed by atoms with Crippen LogP contribution in [0.3, 0.4) is 0 Å². The van der Waals surface area contributed by atoms with Gasteiger partial charge in [-0.05, 0) is 44.1 Å². The molecule has 0 aromatic rings. The van der Waals surface area contributed by atoms with E-state index < -0.39 is 11.9 Å². The van der Waals surface area contributed by atoms with Crippen LogP contribution in [-0.4, -0.2) is 5.78 Å². The minimum absolute atomic E-state index is 0.203. The zero-order valence-corrected chi connectivity index (χ0v) is 9.69. The Morgan fingerprint density at radius 1 is 1.38 bits per heavy atom. The largest absolute Gasteiger partial charge is 0.289 e. The topological polar surface area (TPSA) is 17.1 Å². The Labute approximate surface area is 95.2 Å². The van der Waals surface area contributed by atoms with E-state index in [-0.39, 0.29) is 12.0 Å². The van der Waals surface area contributed by atoms with Crippen molar-refractivity contribution >= 4 is 5.78 Å². The van der Waals surface area contributed by atoms with Crippen LogP contribution in [0.4, 0.5) is 8.78 Å². The molecule has 0 fully saturated rings. The highest BCUT2D eigenvalue weighted by Crippen LogP contribution is 2.25. The second-order valence-electron chi connectivity index (χ2n) is 4.15. The molecule has 0 N–H and O–H groups in total. The van der Waals surface area contributed by atoms with Gasteiger partial charge >= 0.3 is 0 Å². The van der Waals surface area contributed by atoms with Crippen molar-refractivity contribution in [2.24, 2.45) is 0 Å². The van der Waals surface area contributed by atoms with Gasteiger partial charge in [-0.25, -0.2) is 0 Å². The van der Waals surface area contributed by atoms with Gasteiger partial charge in [0.1, 0.15) is 0 Å². The Morgan fingerprint density at radius 3 is 2.62 bits per heavy atom. The van der Waals surface area contributed by atoms with Crippen LogP contribution in [0.1, 0.15) is 51.9 Å². The Balaban J connectivity index is 2.75. The number of carbonyl (C=O) groups excluding carboxylic acids is 1. The van der Waals surface area contributed by atoms with E-state index in [4.69, 9.17) is 0 Å². The van der Waals surface area contributed by atoms with Gasteiger partial charge in [-0.3, -0.25) is 4.79 Å². The summed E-state index contributed by atoms with van der Waals surface area (Å²) in [6.07, 6.45) is 5.18. The van der Waals surface area contributed by atoms with E-state index in [0.29, 0.717) is 18.4 Å². The fourth-order valence-corrected chi connectivity index (χ4v) is 1.89. The summed E-state index contributed by atoms with van der Waals surface area (Å²) in [5, 5.41) is 0. The fraction of sp³-hybridized carbons (Fsp3) is 0.615. The lowest BCUT2D eigenvalue weighted by atomic mass is 9.91. The average Bonchev–Trinajstić information content (AvgIpc) is 2.30. The number of rotatable bonds is 5. The maximum absolute atomic E-state index is 12.7. The highest BCUT2D eigenvalue weighted by atomic mass is 19.3. The number of halogens is 2.